The first-order valence-electron chi connectivity index (χ1n) is 7.96. The average Bonchev–Trinajstić information content (AvgIpc) is 2.88. The van der Waals surface area contributed by atoms with E-state index in [1.807, 2.05) is 0 Å². The molecule has 1 aromatic heterocycles. The molecule has 0 aliphatic heterocycles. The molecule has 3 nitrogen and oxygen atoms in total. The first-order chi connectivity index (χ1) is 9.85. The lowest BCUT2D eigenvalue weighted by molar-refractivity contribution is 0.423. The van der Waals surface area contributed by atoms with E-state index in [2.05, 4.69) is 43.0 Å². The van der Waals surface area contributed by atoms with Gasteiger partial charge < -0.3 is 10.2 Å². The van der Waals surface area contributed by atoms with Gasteiger partial charge in [0.2, 0.25) is 0 Å². The summed E-state index contributed by atoms with van der Waals surface area (Å²) < 4.78 is 13.5. The third-order valence-electron chi connectivity index (χ3n) is 4.09. The summed E-state index contributed by atoms with van der Waals surface area (Å²) in [6.45, 7) is 7.99. The summed E-state index contributed by atoms with van der Waals surface area (Å²) in [5.74, 6) is 1.39. The number of anilines is 1. The van der Waals surface area contributed by atoms with Crippen molar-refractivity contribution in [3.8, 4) is 0 Å². The molecule has 0 unspecified atom stereocenters. The Morgan fingerprint density at radius 2 is 2.00 bits per heavy atom. The van der Waals surface area contributed by atoms with E-state index in [9.17, 15) is 4.39 Å². The van der Waals surface area contributed by atoms with Crippen LogP contribution < -0.4 is 10.2 Å². The highest BCUT2D eigenvalue weighted by Crippen LogP contribution is 2.27. The molecule has 0 amide bonds. The van der Waals surface area contributed by atoms with Gasteiger partial charge in [-0.05, 0) is 45.6 Å². The Bertz CT molecular complexity index is 462. The molecule has 2 rings (SSSR count). The van der Waals surface area contributed by atoms with Gasteiger partial charge in [-0.1, -0.05) is 12.8 Å². The molecule has 0 aromatic carbocycles. The topological polar surface area (TPSA) is 28.2 Å². The molecule has 0 atom stereocenters. The molecule has 1 aromatic rings. The predicted molar refractivity (Wildman–Crippen MR) is 86.0 cm³/mol. The Balaban J connectivity index is 2.09. The smallest absolute Gasteiger partial charge is 0.141 e. The summed E-state index contributed by atoms with van der Waals surface area (Å²) in [5, 5.41) is 3.42. The number of halogens is 1. The number of pyridine rings is 1. The molecular weight excluding hydrogens is 265 g/mol. The van der Waals surface area contributed by atoms with Gasteiger partial charge in [0.05, 0.1) is 6.20 Å². The second-order valence-electron chi connectivity index (χ2n) is 7.27. The van der Waals surface area contributed by atoms with Gasteiger partial charge in [-0.25, -0.2) is 9.37 Å². The summed E-state index contributed by atoms with van der Waals surface area (Å²) in [6, 6.07) is 1.60. The van der Waals surface area contributed by atoms with E-state index in [1.54, 1.807) is 6.07 Å². The average molecular weight is 293 g/mol. The Morgan fingerprint density at radius 3 is 2.62 bits per heavy atom. The largest absolute Gasteiger partial charge is 0.359 e. The van der Waals surface area contributed by atoms with Crippen LogP contribution in [0, 0.1) is 11.7 Å². The standard InChI is InChI=1S/C17H28FN3/c1-17(2,3)20-10-14-9-15(18)11-19-16(14)21(4)12-13-7-5-6-8-13/h9,11,13,20H,5-8,10,12H2,1-4H3. The first kappa shape index (κ1) is 16.2. The third-order valence-corrected chi connectivity index (χ3v) is 4.09. The number of nitrogens with zero attached hydrogens (tertiary/aromatic N) is 2. The second kappa shape index (κ2) is 6.73. The Kier molecular flexibility index (Phi) is 5.20. The Labute approximate surface area is 127 Å². The zero-order chi connectivity index (χ0) is 15.5. The summed E-state index contributed by atoms with van der Waals surface area (Å²) in [4.78, 5) is 6.52. The molecule has 1 N–H and O–H groups in total. The zero-order valence-corrected chi connectivity index (χ0v) is 13.7. The number of aromatic nitrogens is 1. The molecule has 4 heteroatoms. The van der Waals surface area contributed by atoms with Crippen LogP contribution in [0.25, 0.3) is 0 Å². The normalized spacial score (nSPS) is 16.4. The van der Waals surface area contributed by atoms with Crippen molar-refractivity contribution in [3.05, 3.63) is 23.6 Å². The first-order valence-corrected chi connectivity index (χ1v) is 7.96. The molecule has 0 spiro atoms. The molecular formula is C17H28FN3. The fourth-order valence-corrected chi connectivity index (χ4v) is 2.97. The van der Waals surface area contributed by atoms with E-state index in [0.29, 0.717) is 6.54 Å². The van der Waals surface area contributed by atoms with Crippen molar-refractivity contribution in [3.63, 3.8) is 0 Å². The number of nitrogens with one attached hydrogen (secondary N) is 1. The van der Waals surface area contributed by atoms with Gasteiger partial charge in [0.15, 0.2) is 0 Å². The molecule has 0 saturated heterocycles. The van der Waals surface area contributed by atoms with Crippen molar-refractivity contribution in [1.82, 2.24) is 10.3 Å². The van der Waals surface area contributed by atoms with E-state index in [0.717, 1.165) is 23.8 Å². The lowest BCUT2D eigenvalue weighted by atomic mass is 10.1. The van der Waals surface area contributed by atoms with Gasteiger partial charge in [0, 0.05) is 31.2 Å². The molecule has 118 valence electrons. The summed E-state index contributed by atoms with van der Waals surface area (Å²) >= 11 is 0. The quantitative estimate of drug-likeness (QED) is 0.896. The Morgan fingerprint density at radius 1 is 1.33 bits per heavy atom. The SMILES string of the molecule is CN(CC1CCCC1)c1ncc(F)cc1CNC(C)(C)C. The molecule has 0 bridgehead atoms. The molecule has 1 aliphatic rings. The van der Waals surface area contributed by atoms with Crippen LogP contribution in [-0.2, 0) is 6.54 Å². The number of hydrogen-bond donors (Lipinski definition) is 1. The van der Waals surface area contributed by atoms with Gasteiger partial charge in [-0.3, -0.25) is 0 Å². The maximum absolute atomic E-state index is 13.5. The Hall–Kier alpha value is -1.16. The van der Waals surface area contributed by atoms with Gasteiger partial charge in [0.1, 0.15) is 11.6 Å². The van der Waals surface area contributed by atoms with E-state index in [-0.39, 0.29) is 11.4 Å². The van der Waals surface area contributed by atoms with Crippen LogP contribution in [0.1, 0.15) is 52.0 Å². The highest BCUT2D eigenvalue weighted by atomic mass is 19.1. The zero-order valence-electron chi connectivity index (χ0n) is 13.7. The van der Waals surface area contributed by atoms with Crippen molar-refractivity contribution in [2.45, 2.75) is 58.5 Å². The maximum Gasteiger partial charge on any atom is 0.141 e. The fourth-order valence-electron chi connectivity index (χ4n) is 2.97. The van der Waals surface area contributed by atoms with Crippen LogP contribution in [0.15, 0.2) is 12.3 Å². The lowest BCUT2D eigenvalue weighted by Gasteiger charge is -2.26. The van der Waals surface area contributed by atoms with Crippen LogP contribution >= 0.6 is 0 Å². The maximum atomic E-state index is 13.5. The minimum absolute atomic E-state index is 0.00755. The number of hydrogen-bond acceptors (Lipinski definition) is 3. The lowest BCUT2D eigenvalue weighted by Crippen LogP contribution is -2.36. The molecule has 0 radical (unpaired) electrons. The van der Waals surface area contributed by atoms with Crippen LogP contribution in [0.4, 0.5) is 10.2 Å². The van der Waals surface area contributed by atoms with E-state index in [4.69, 9.17) is 0 Å². The highest BCUT2D eigenvalue weighted by Gasteiger charge is 2.20. The second-order valence-corrected chi connectivity index (χ2v) is 7.27. The van der Waals surface area contributed by atoms with Gasteiger partial charge in [-0.15, -0.1) is 0 Å². The molecule has 1 saturated carbocycles. The van der Waals surface area contributed by atoms with Crippen molar-refractivity contribution in [2.75, 3.05) is 18.5 Å². The van der Waals surface area contributed by atoms with Gasteiger partial charge in [0.25, 0.3) is 0 Å². The monoisotopic (exact) mass is 293 g/mol. The van der Waals surface area contributed by atoms with Crippen molar-refractivity contribution in [2.24, 2.45) is 5.92 Å². The van der Waals surface area contributed by atoms with Crippen molar-refractivity contribution in [1.29, 1.82) is 0 Å². The number of rotatable bonds is 5. The van der Waals surface area contributed by atoms with Crippen LogP contribution in [0.5, 0.6) is 0 Å². The third kappa shape index (κ3) is 4.95. The highest BCUT2D eigenvalue weighted by molar-refractivity contribution is 5.46. The minimum Gasteiger partial charge on any atom is -0.359 e. The van der Waals surface area contributed by atoms with Crippen molar-refractivity contribution >= 4 is 5.82 Å². The molecule has 1 heterocycles. The summed E-state index contributed by atoms with van der Waals surface area (Å²) in [5.41, 5.74) is 0.943. The van der Waals surface area contributed by atoms with Crippen molar-refractivity contribution < 1.29 is 4.39 Å². The molecule has 1 aliphatic carbocycles. The van der Waals surface area contributed by atoms with E-state index in [1.165, 1.54) is 31.9 Å². The van der Waals surface area contributed by atoms with Gasteiger partial charge in [-0.2, -0.15) is 0 Å². The van der Waals surface area contributed by atoms with E-state index >= 15 is 0 Å². The fraction of sp³-hybridized carbons (Fsp3) is 0.706. The van der Waals surface area contributed by atoms with Crippen LogP contribution in [0.3, 0.4) is 0 Å². The van der Waals surface area contributed by atoms with Crippen LogP contribution in [-0.4, -0.2) is 24.1 Å². The van der Waals surface area contributed by atoms with Crippen LogP contribution in [0.2, 0.25) is 0 Å². The summed E-state index contributed by atoms with van der Waals surface area (Å²) in [6.07, 6.45) is 6.62. The minimum atomic E-state index is -0.265. The molecule has 21 heavy (non-hydrogen) atoms. The van der Waals surface area contributed by atoms with Gasteiger partial charge >= 0.3 is 0 Å². The summed E-state index contributed by atoms with van der Waals surface area (Å²) in [7, 11) is 2.07. The van der Waals surface area contributed by atoms with E-state index < -0.39 is 0 Å². The predicted octanol–water partition coefficient (Wildman–Crippen LogP) is 3.74. The molecule has 1 fully saturated rings.